The van der Waals surface area contributed by atoms with Gasteiger partial charge in [0.25, 0.3) is 0 Å². The Morgan fingerprint density at radius 1 is 1.32 bits per heavy atom. The van der Waals surface area contributed by atoms with Crippen molar-refractivity contribution < 1.29 is 17.9 Å². The average molecular weight is 320 g/mol. The molecule has 8 heteroatoms. The van der Waals surface area contributed by atoms with Gasteiger partial charge in [0.05, 0.1) is 24.9 Å². The van der Waals surface area contributed by atoms with Crippen LogP contribution in [0.25, 0.3) is 0 Å². The number of rotatable bonds is 5. The quantitative estimate of drug-likeness (QED) is 0.899. The molecule has 1 N–H and O–H groups in total. The van der Waals surface area contributed by atoms with E-state index >= 15 is 0 Å². The van der Waals surface area contributed by atoms with Crippen LogP contribution in [-0.2, 0) is 13.6 Å². The van der Waals surface area contributed by atoms with Crippen molar-refractivity contribution >= 4 is 0 Å². The van der Waals surface area contributed by atoms with Gasteiger partial charge in [0.1, 0.15) is 0 Å². The molecule has 1 aromatic rings. The van der Waals surface area contributed by atoms with Crippen molar-refractivity contribution in [1.82, 2.24) is 20.0 Å². The second kappa shape index (κ2) is 6.87. The number of likely N-dealkylation sites (tertiary alicyclic amines) is 1. The summed E-state index contributed by atoms with van der Waals surface area (Å²) in [5.74, 6) is 0.722. The first-order valence-corrected chi connectivity index (χ1v) is 7.39. The normalized spacial score (nSPS) is 17.9. The van der Waals surface area contributed by atoms with Crippen LogP contribution in [0, 0.1) is 6.92 Å². The molecule has 0 spiro atoms. The second-order valence-electron chi connectivity index (χ2n) is 5.74. The van der Waals surface area contributed by atoms with Crippen molar-refractivity contribution in [3.63, 3.8) is 0 Å². The molecule has 1 aromatic heterocycles. The van der Waals surface area contributed by atoms with Crippen LogP contribution in [-0.4, -0.2) is 53.6 Å². The van der Waals surface area contributed by atoms with E-state index < -0.39 is 12.7 Å². The van der Waals surface area contributed by atoms with E-state index in [2.05, 4.69) is 10.4 Å². The zero-order valence-electron chi connectivity index (χ0n) is 13.2. The van der Waals surface area contributed by atoms with E-state index in [1.165, 1.54) is 4.90 Å². The lowest BCUT2D eigenvalue weighted by molar-refractivity contribution is -0.148. The van der Waals surface area contributed by atoms with Crippen LogP contribution in [0.1, 0.15) is 24.1 Å². The van der Waals surface area contributed by atoms with Crippen molar-refractivity contribution in [2.24, 2.45) is 7.05 Å². The number of ether oxygens (including phenoxy) is 1. The molecule has 0 unspecified atom stereocenters. The summed E-state index contributed by atoms with van der Waals surface area (Å²) in [6, 6.07) is 0.230. The monoisotopic (exact) mass is 320 g/mol. The highest BCUT2D eigenvalue weighted by Gasteiger charge is 2.32. The third-order valence-electron chi connectivity index (χ3n) is 4.04. The van der Waals surface area contributed by atoms with Crippen LogP contribution >= 0.6 is 0 Å². The number of piperidine rings is 1. The fourth-order valence-corrected chi connectivity index (χ4v) is 2.93. The van der Waals surface area contributed by atoms with E-state index in [0.29, 0.717) is 19.6 Å². The van der Waals surface area contributed by atoms with Gasteiger partial charge in [-0.25, -0.2) is 4.68 Å². The SMILES string of the molecule is COc1c(CNC2CCN(CC(F)(F)F)CC2)c(C)nn1C. The zero-order chi connectivity index (χ0) is 16.3. The van der Waals surface area contributed by atoms with Gasteiger partial charge in [-0.15, -0.1) is 0 Å². The van der Waals surface area contributed by atoms with Gasteiger partial charge in [0.2, 0.25) is 5.88 Å². The summed E-state index contributed by atoms with van der Waals surface area (Å²) in [4.78, 5) is 1.47. The van der Waals surface area contributed by atoms with Crippen LogP contribution in [0.5, 0.6) is 5.88 Å². The van der Waals surface area contributed by atoms with Crippen LogP contribution in [0.15, 0.2) is 0 Å². The Labute approximate surface area is 128 Å². The minimum Gasteiger partial charge on any atom is -0.481 e. The number of alkyl halides is 3. The average Bonchev–Trinajstić information content (AvgIpc) is 2.70. The summed E-state index contributed by atoms with van der Waals surface area (Å²) >= 11 is 0. The number of aromatic nitrogens is 2. The largest absolute Gasteiger partial charge is 0.481 e. The molecular weight excluding hydrogens is 297 g/mol. The van der Waals surface area contributed by atoms with E-state index in [1.54, 1.807) is 11.8 Å². The Hall–Kier alpha value is -1.28. The molecule has 1 fully saturated rings. The van der Waals surface area contributed by atoms with Crippen LogP contribution in [0.3, 0.4) is 0 Å². The first kappa shape index (κ1) is 17.1. The minimum atomic E-state index is -4.11. The number of hydrogen-bond donors (Lipinski definition) is 1. The summed E-state index contributed by atoms with van der Waals surface area (Å²) in [5.41, 5.74) is 1.91. The zero-order valence-corrected chi connectivity index (χ0v) is 13.2. The Kier molecular flexibility index (Phi) is 5.33. The van der Waals surface area contributed by atoms with E-state index in [0.717, 1.165) is 30.0 Å². The van der Waals surface area contributed by atoms with Crippen LogP contribution < -0.4 is 10.1 Å². The van der Waals surface area contributed by atoms with Crippen molar-refractivity contribution in [2.75, 3.05) is 26.7 Å². The molecule has 0 saturated carbocycles. The predicted octanol–water partition coefficient (Wildman–Crippen LogP) is 1.85. The fraction of sp³-hybridized carbons (Fsp3) is 0.786. The van der Waals surface area contributed by atoms with Crippen LogP contribution in [0.2, 0.25) is 0 Å². The maximum atomic E-state index is 12.4. The van der Waals surface area contributed by atoms with Gasteiger partial charge in [-0.05, 0) is 32.9 Å². The predicted molar refractivity (Wildman–Crippen MR) is 76.9 cm³/mol. The Morgan fingerprint density at radius 3 is 2.50 bits per heavy atom. The van der Waals surface area contributed by atoms with Gasteiger partial charge in [0.15, 0.2) is 0 Å². The van der Waals surface area contributed by atoms with Crippen LogP contribution in [0.4, 0.5) is 13.2 Å². The second-order valence-corrected chi connectivity index (χ2v) is 5.74. The molecule has 0 atom stereocenters. The van der Waals surface area contributed by atoms with Gasteiger partial charge in [-0.3, -0.25) is 4.90 Å². The summed E-state index contributed by atoms with van der Waals surface area (Å²) in [7, 11) is 3.43. The highest BCUT2D eigenvalue weighted by atomic mass is 19.4. The van der Waals surface area contributed by atoms with Crippen molar-refractivity contribution in [3.8, 4) is 5.88 Å². The molecule has 1 saturated heterocycles. The van der Waals surface area contributed by atoms with Crippen molar-refractivity contribution in [3.05, 3.63) is 11.3 Å². The third kappa shape index (κ3) is 4.36. The molecule has 0 amide bonds. The maximum absolute atomic E-state index is 12.4. The van der Waals surface area contributed by atoms with Gasteiger partial charge in [0, 0.05) is 19.6 Å². The maximum Gasteiger partial charge on any atom is 0.401 e. The highest BCUT2D eigenvalue weighted by Crippen LogP contribution is 2.22. The summed E-state index contributed by atoms with van der Waals surface area (Å²) in [6.07, 6.45) is -2.67. The molecule has 22 heavy (non-hydrogen) atoms. The molecular formula is C14H23F3N4O. The molecule has 1 aliphatic rings. The lowest BCUT2D eigenvalue weighted by atomic mass is 10.0. The van der Waals surface area contributed by atoms with Gasteiger partial charge < -0.3 is 10.1 Å². The number of aryl methyl sites for hydroxylation is 2. The van der Waals surface area contributed by atoms with E-state index in [-0.39, 0.29) is 6.04 Å². The summed E-state index contributed by atoms with van der Waals surface area (Å²) < 4.78 is 44.1. The summed E-state index contributed by atoms with van der Waals surface area (Å²) in [5, 5.41) is 7.73. The topological polar surface area (TPSA) is 42.3 Å². The number of nitrogens with zero attached hydrogens (tertiary/aromatic N) is 3. The Balaban J connectivity index is 1.82. The number of nitrogens with one attached hydrogen (secondary N) is 1. The molecule has 0 bridgehead atoms. The molecule has 0 aliphatic carbocycles. The Morgan fingerprint density at radius 2 is 1.95 bits per heavy atom. The first-order chi connectivity index (χ1) is 10.3. The number of hydrogen-bond acceptors (Lipinski definition) is 4. The lowest BCUT2D eigenvalue weighted by Crippen LogP contribution is -2.45. The molecule has 0 aromatic carbocycles. The fourth-order valence-electron chi connectivity index (χ4n) is 2.93. The summed E-state index contributed by atoms with van der Waals surface area (Å²) in [6.45, 7) is 2.67. The molecule has 1 aliphatic heterocycles. The number of halogens is 3. The standard InChI is InChI=1S/C14H23F3N4O/c1-10-12(13(22-3)20(2)19-10)8-18-11-4-6-21(7-5-11)9-14(15,16)17/h11,18H,4-9H2,1-3H3. The molecule has 2 heterocycles. The third-order valence-corrected chi connectivity index (χ3v) is 4.04. The first-order valence-electron chi connectivity index (χ1n) is 7.39. The Bertz CT molecular complexity index is 493. The van der Waals surface area contributed by atoms with E-state index in [1.807, 2.05) is 14.0 Å². The molecule has 5 nitrogen and oxygen atoms in total. The van der Waals surface area contributed by atoms with Gasteiger partial charge >= 0.3 is 6.18 Å². The lowest BCUT2D eigenvalue weighted by Gasteiger charge is -2.32. The number of methoxy groups -OCH3 is 1. The molecule has 126 valence electrons. The molecule has 2 rings (SSSR count). The van der Waals surface area contributed by atoms with Crippen molar-refractivity contribution in [1.29, 1.82) is 0 Å². The minimum absolute atomic E-state index is 0.230. The van der Waals surface area contributed by atoms with Crippen molar-refractivity contribution in [2.45, 2.75) is 38.5 Å². The van der Waals surface area contributed by atoms with E-state index in [4.69, 9.17) is 4.74 Å². The van der Waals surface area contributed by atoms with Gasteiger partial charge in [-0.2, -0.15) is 18.3 Å². The molecule has 0 radical (unpaired) electrons. The van der Waals surface area contributed by atoms with Gasteiger partial charge in [-0.1, -0.05) is 0 Å². The highest BCUT2D eigenvalue weighted by molar-refractivity contribution is 5.30. The van der Waals surface area contributed by atoms with E-state index in [9.17, 15) is 13.2 Å². The smallest absolute Gasteiger partial charge is 0.401 e.